The van der Waals surface area contributed by atoms with E-state index in [0.29, 0.717) is 12.0 Å². The zero-order valence-corrected chi connectivity index (χ0v) is 13.0. The van der Waals surface area contributed by atoms with Crippen molar-refractivity contribution in [1.29, 1.82) is 0 Å². The Morgan fingerprint density at radius 2 is 1.59 bits per heavy atom. The maximum Gasteiger partial charge on any atom is 0.162 e. The third-order valence-corrected chi connectivity index (χ3v) is 3.95. The lowest BCUT2D eigenvalue weighted by Crippen LogP contribution is -3.00. The molecule has 0 unspecified atom stereocenters. The quantitative estimate of drug-likeness (QED) is 0.761. The molecule has 0 spiro atoms. The Morgan fingerprint density at radius 1 is 1.00 bits per heavy atom. The fourth-order valence-corrected chi connectivity index (χ4v) is 2.81. The summed E-state index contributed by atoms with van der Waals surface area (Å²) < 4.78 is 12.8. The summed E-state index contributed by atoms with van der Waals surface area (Å²) >= 11 is 0. The first-order valence-electron chi connectivity index (χ1n) is 7.30. The molecule has 3 rings (SSSR count). The normalized spacial score (nSPS) is 13.5. The first-order valence-corrected chi connectivity index (χ1v) is 7.30. The molecule has 2 aromatic carbocycles. The number of Topliss-reactive ketones (excluding diaryl/α,β-unsaturated/α-hetero) is 1. The van der Waals surface area contributed by atoms with Gasteiger partial charge in [0.05, 0.1) is 0 Å². The van der Waals surface area contributed by atoms with Gasteiger partial charge in [-0.05, 0) is 48.4 Å². The van der Waals surface area contributed by atoms with Crippen LogP contribution in [-0.2, 0) is 13.1 Å². The number of fused-ring (bicyclic) bond motifs is 1. The summed E-state index contributed by atoms with van der Waals surface area (Å²) in [5.41, 5.74) is 3.38. The number of halogens is 2. The Morgan fingerprint density at radius 3 is 2.18 bits per heavy atom. The number of rotatable bonds is 5. The van der Waals surface area contributed by atoms with Gasteiger partial charge in [-0.15, -0.1) is 0 Å². The van der Waals surface area contributed by atoms with Crippen LogP contribution in [-0.4, -0.2) is 17.2 Å². The van der Waals surface area contributed by atoms with Crippen LogP contribution in [0.25, 0.3) is 0 Å². The Bertz CT molecular complexity index is 617. The lowest BCUT2D eigenvalue weighted by molar-refractivity contribution is -0.0000129. The molecular weight excluding hydrogens is 301 g/mol. The largest absolute Gasteiger partial charge is 1.00 e. The number of carbonyl (C=O) groups is 1. The SMILES string of the molecule is O=C(CCCN1Cc2ccccc2C1)c1ccc(F)cc1.[Cl-]. The fraction of sp³-hybridized carbons (Fsp3) is 0.278. The summed E-state index contributed by atoms with van der Waals surface area (Å²) in [6, 6.07) is 14.3. The minimum Gasteiger partial charge on any atom is -1.00 e. The van der Waals surface area contributed by atoms with E-state index in [1.54, 1.807) is 12.1 Å². The van der Waals surface area contributed by atoms with Crippen molar-refractivity contribution in [2.75, 3.05) is 6.54 Å². The monoisotopic (exact) mass is 318 g/mol. The van der Waals surface area contributed by atoms with Gasteiger partial charge in [0.25, 0.3) is 0 Å². The molecule has 0 saturated heterocycles. The number of carbonyl (C=O) groups excluding carboxylic acids is 1. The lowest BCUT2D eigenvalue weighted by Gasteiger charge is -2.14. The molecule has 0 fully saturated rings. The van der Waals surface area contributed by atoms with Crippen molar-refractivity contribution >= 4 is 5.78 Å². The maximum absolute atomic E-state index is 12.8. The molecule has 0 bridgehead atoms. The Kier molecular flexibility index (Phi) is 5.69. The van der Waals surface area contributed by atoms with E-state index in [1.165, 1.54) is 23.3 Å². The van der Waals surface area contributed by atoms with Crippen LogP contribution in [0.15, 0.2) is 48.5 Å². The third kappa shape index (κ3) is 3.93. The van der Waals surface area contributed by atoms with E-state index in [0.717, 1.165) is 26.1 Å². The summed E-state index contributed by atoms with van der Waals surface area (Å²) in [5.74, 6) is -0.215. The molecule has 1 aliphatic heterocycles. The van der Waals surface area contributed by atoms with Gasteiger partial charge in [-0.25, -0.2) is 4.39 Å². The lowest BCUT2D eigenvalue weighted by atomic mass is 10.1. The van der Waals surface area contributed by atoms with Crippen molar-refractivity contribution in [2.24, 2.45) is 0 Å². The molecule has 0 N–H and O–H groups in total. The van der Waals surface area contributed by atoms with Crippen LogP contribution < -0.4 is 12.4 Å². The highest BCUT2D eigenvalue weighted by Gasteiger charge is 2.17. The van der Waals surface area contributed by atoms with Gasteiger partial charge in [0.15, 0.2) is 5.78 Å². The van der Waals surface area contributed by atoms with Gasteiger partial charge < -0.3 is 12.4 Å². The van der Waals surface area contributed by atoms with E-state index in [-0.39, 0.29) is 24.0 Å². The average Bonchev–Trinajstić information content (AvgIpc) is 2.90. The molecule has 22 heavy (non-hydrogen) atoms. The van der Waals surface area contributed by atoms with Crippen molar-refractivity contribution in [2.45, 2.75) is 25.9 Å². The zero-order valence-electron chi connectivity index (χ0n) is 12.3. The maximum atomic E-state index is 12.8. The highest BCUT2D eigenvalue weighted by Crippen LogP contribution is 2.22. The van der Waals surface area contributed by atoms with E-state index >= 15 is 0 Å². The molecular formula is C18H18ClFNO-. The Balaban J connectivity index is 0.00000176. The average molecular weight is 319 g/mol. The molecule has 0 saturated carbocycles. The fourth-order valence-electron chi connectivity index (χ4n) is 2.81. The summed E-state index contributed by atoms with van der Waals surface area (Å²) in [6.45, 7) is 2.86. The molecule has 0 radical (unpaired) electrons. The minimum atomic E-state index is -0.304. The van der Waals surface area contributed by atoms with E-state index < -0.39 is 0 Å². The van der Waals surface area contributed by atoms with Crippen LogP contribution in [0.3, 0.4) is 0 Å². The molecule has 4 heteroatoms. The summed E-state index contributed by atoms with van der Waals surface area (Å²) in [5, 5.41) is 0. The molecule has 1 heterocycles. The van der Waals surface area contributed by atoms with Gasteiger partial charge in [0.2, 0.25) is 0 Å². The topological polar surface area (TPSA) is 20.3 Å². The predicted molar refractivity (Wildman–Crippen MR) is 80.5 cm³/mol. The van der Waals surface area contributed by atoms with Crippen LogP contribution >= 0.6 is 0 Å². The minimum absolute atomic E-state index is 0. The second-order valence-corrected chi connectivity index (χ2v) is 5.51. The molecule has 2 nitrogen and oxygen atoms in total. The summed E-state index contributed by atoms with van der Waals surface area (Å²) in [4.78, 5) is 14.4. The van der Waals surface area contributed by atoms with Crippen LogP contribution in [0.5, 0.6) is 0 Å². The van der Waals surface area contributed by atoms with Crippen LogP contribution in [0, 0.1) is 5.82 Å². The van der Waals surface area contributed by atoms with Gasteiger partial charge in [-0.2, -0.15) is 0 Å². The van der Waals surface area contributed by atoms with E-state index in [1.807, 2.05) is 0 Å². The van der Waals surface area contributed by atoms with Gasteiger partial charge in [0.1, 0.15) is 5.82 Å². The highest BCUT2D eigenvalue weighted by molar-refractivity contribution is 5.95. The van der Waals surface area contributed by atoms with Gasteiger partial charge in [-0.3, -0.25) is 9.69 Å². The van der Waals surface area contributed by atoms with Crippen molar-refractivity contribution in [3.05, 3.63) is 71.0 Å². The first-order chi connectivity index (χ1) is 10.2. The van der Waals surface area contributed by atoms with Crippen LogP contribution in [0.1, 0.15) is 34.3 Å². The van der Waals surface area contributed by atoms with Crippen molar-refractivity contribution in [3.8, 4) is 0 Å². The number of hydrogen-bond acceptors (Lipinski definition) is 2. The van der Waals surface area contributed by atoms with Gasteiger partial charge in [0, 0.05) is 25.1 Å². The van der Waals surface area contributed by atoms with Crippen molar-refractivity contribution in [3.63, 3.8) is 0 Å². The van der Waals surface area contributed by atoms with Crippen LogP contribution in [0.4, 0.5) is 4.39 Å². The van der Waals surface area contributed by atoms with Crippen molar-refractivity contribution < 1.29 is 21.6 Å². The smallest absolute Gasteiger partial charge is 0.162 e. The van der Waals surface area contributed by atoms with Crippen molar-refractivity contribution in [1.82, 2.24) is 4.90 Å². The molecule has 0 atom stereocenters. The molecule has 0 aliphatic carbocycles. The summed E-state index contributed by atoms with van der Waals surface area (Å²) in [6.07, 6.45) is 1.35. The van der Waals surface area contributed by atoms with E-state index in [4.69, 9.17) is 0 Å². The molecule has 0 amide bonds. The number of ketones is 1. The van der Waals surface area contributed by atoms with Gasteiger partial charge >= 0.3 is 0 Å². The molecule has 1 aliphatic rings. The third-order valence-electron chi connectivity index (χ3n) is 3.95. The van der Waals surface area contributed by atoms with Crippen LogP contribution in [0.2, 0.25) is 0 Å². The van der Waals surface area contributed by atoms with E-state index in [9.17, 15) is 9.18 Å². The molecule has 0 aromatic heterocycles. The molecule has 116 valence electrons. The Hall–Kier alpha value is -1.71. The number of hydrogen-bond donors (Lipinski definition) is 0. The first kappa shape index (κ1) is 16.7. The number of nitrogens with zero attached hydrogens (tertiary/aromatic N) is 1. The molecule has 2 aromatic rings. The Labute approximate surface area is 136 Å². The highest BCUT2D eigenvalue weighted by atomic mass is 35.5. The standard InChI is InChI=1S/C18H18FNO.ClH/c19-17-9-7-14(8-10-17)18(21)6-3-11-20-12-15-4-1-2-5-16(15)13-20;/h1-2,4-5,7-10H,3,6,11-13H2;1H/p-1. The summed E-state index contributed by atoms with van der Waals surface area (Å²) in [7, 11) is 0. The second-order valence-electron chi connectivity index (χ2n) is 5.51. The zero-order chi connectivity index (χ0) is 14.7. The number of benzene rings is 2. The second kappa shape index (κ2) is 7.52. The predicted octanol–water partition coefficient (Wildman–Crippen LogP) is 0.808. The van der Waals surface area contributed by atoms with E-state index in [2.05, 4.69) is 29.2 Å². The van der Waals surface area contributed by atoms with Gasteiger partial charge in [-0.1, -0.05) is 24.3 Å².